The molecule has 24 heavy (non-hydrogen) atoms. The highest BCUT2D eigenvalue weighted by atomic mass is 16.5. The second-order valence-corrected chi connectivity index (χ2v) is 6.43. The molecule has 2 heterocycles. The number of urea groups is 1. The first-order valence-electron chi connectivity index (χ1n) is 8.73. The third-order valence-electron chi connectivity index (χ3n) is 4.87. The van der Waals surface area contributed by atoms with E-state index in [9.17, 15) is 4.79 Å². The van der Waals surface area contributed by atoms with Gasteiger partial charge in [0.1, 0.15) is 5.75 Å². The number of morpholine rings is 1. The fourth-order valence-electron chi connectivity index (χ4n) is 3.39. The van der Waals surface area contributed by atoms with Gasteiger partial charge in [0.15, 0.2) is 0 Å². The van der Waals surface area contributed by atoms with Crippen LogP contribution in [0.4, 0.5) is 10.5 Å². The van der Waals surface area contributed by atoms with E-state index in [1.807, 2.05) is 23.1 Å². The van der Waals surface area contributed by atoms with Crippen LogP contribution in [-0.2, 0) is 11.2 Å². The maximum Gasteiger partial charge on any atom is 0.321 e. The molecule has 1 unspecified atom stereocenters. The molecule has 3 rings (SSSR count). The third-order valence-corrected chi connectivity index (χ3v) is 4.87. The van der Waals surface area contributed by atoms with E-state index in [1.165, 1.54) is 5.56 Å². The Kier molecular flexibility index (Phi) is 5.58. The van der Waals surface area contributed by atoms with E-state index in [2.05, 4.69) is 17.1 Å². The minimum atomic E-state index is -0.0128. The van der Waals surface area contributed by atoms with Crippen LogP contribution >= 0.6 is 0 Å². The number of nitrogens with one attached hydrogen (secondary N) is 1. The monoisotopic (exact) mass is 333 g/mol. The minimum absolute atomic E-state index is 0.0128. The van der Waals surface area contributed by atoms with E-state index in [0.717, 1.165) is 57.1 Å². The fourth-order valence-corrected chi connectivity index (χ4v) is 3.39. The molecule has 1 aromatic rings. The molecule has 0 bridgehead atoms. The first-order chi connectivity index (χ1) is 11.7. The summed E-state index contributed by atoms with van der Waals surface area (Å²) < 4.78 is 10.7. The maximum atomic E-state index is 12.6. The van der Waals surface area contributed by atoms with Gasteiger partial charge in [-0.2, -0.15) is 0 Å². The molecule has 6 heteroatoms. The van der Waals surface area contributed by atoms with Gasteiger partial charge >= 0.3 is 6.03 Å². The lowest BCUT2D eigenvalue weighted by Gasteiger charge is -2.34. The number of benzene rings is 1. The summed E-state index contributed by atoms with van der Waals surface area (Å²) in [7, 11) is 1.67. The molecular weight excluding hydrogens is 306 g/mol. The smallest absolute Gasteiger partial charge is 0.321 e. The molecule has 1 saturated heterocycles. The molecule has 1 N–H and O–H groups in total. The maximum absolute atomic E-state index is 12.6. The van der Waals surface area contributed by atoms with Crippen molar-refractivity contribution >= 4 is 11.7 Å². The largest absolute Gasteiger partial charge is 0.497 e. The summed E-state index contributed by atoms with van der Waals surface area (Å²) in [4.78, 5) is 16.9. The second-order valence-electron chi connectivity index (χ2n) is 6.43. The molecule has 0 spiro atoms. The Bertz CT molecular complexity index is 573. The summed E-state index contributed by atoms with van der Waals surface area (Å²) >= 11 is 0. The van der Waals surface area contributed by atoms with Crippen LogP contribution in [-0.4, -0.2) is 63.5 Å². The molecule has 1 atom stereocenters. The Balaban J connectivity index is 1.59. The first-order valence-corrected chi connectivity index (χ1v) is 8.73. The van der Waals surface area contributed by atoms with Crippen molar-refractivity contribution < 1.29 is 14.3 Å². The standard InChI is InChI=1S/C18H27N3O3/c1-14(20-8-10-24-11-9-20)13-19-18(22)21-7-3-4-15-12-16(23-2)5-6-17(15)21/h5-6,12,14H,3-4,7-11,13H2,1-2H3,(H,19,22). The quantitative estimate of drug-likeness (QED) is 0.914. The Morgan fingerprint density at radius 3 is 2.88 bits per heavy atom. The Labute approximate surface area is 143 Å². The number of hydrogen-bond acceptors (Lipinski definition) is 4. The summed E-state index contributed by atoms with van der Waals surface area (Å²) in [5.74, 6) is 0.844. The number of fused-ring (bicyclic) bond motifs is 1. The molecule has 0 aromatic heterocycles. The van der Waals surface area contributed by atoms with Crippen LogP contribution in [0.5, 0.6) is 5.75 Å². The molecule has 2 aliphatic heterocycles. The number of hydrogen-bond donors (Lipinski definition) is 1. The number of methoxy groups -OCH3 is 1. The SMILES string of the molecule is COc1ccc2c(c1)CCCN2C(=O)NCC(C)N1CCOCC1. The third kappa shape index (κ3) is 3.82. The van der Waals surface area contributed by atoms with Crippen molar-refractivity contribution in [3.63, 3.8) is 0 Å². The summed E-state index contributed by atoms with van der Waals surface area (Å²) in [5, 5.41) is 3.09. The lowest BCUT2D eigenvalue weighted by Crippen LogP contribution is -2.50. The highest BCUT2D eigenvalue weighted by Crippen LogP contribution is 2.30. The highest BCUT2D eigenvalue weighted by molar-refractivity contribution is 5.93. The predicted octanol–water partition coefficient (Wildman–Crippen LogP) is 1.88. The molecule has 0 saturated carbocycles. The first kappa shape index (κ1) is 17.0. The van der Waals surface area contributed by atoms with Gasteiger partial charge in [-0.3, -0.25) is 9.80 Å². The van der Waals surface area contributed by atoms with Gasteiger partial charge in [-0.25, -0.2) is 4.79 Å². The number of rotatable bonds is 4. The van der Waals surface area contributed by atoms with E-state index in [-0.39, 0.29) is 6.03 Å². The topological polar surface area (TPSA) is 54.0 Å². The van der Waals surface area contributed by atoms with Crippen LogP contribution in [0.1, 0.15) is 18.9 Å². The van der Waals surface area contributed by atoms with E-state index < -0.39 is 0 Å². The van der Waals surface area contributed by atoms with Gasteiger partial charge in [0.25, 0.3) is 0 Å². The van der Waals surface area contributed by atoms with E-state index in [4.69, 9.17) is 9.47 Å². The molecule has 0 radical (unpaired) electrons. The Hall–Kier alpha value is -1.79. The average molecular weight is 333 g/mol. The Morgan fingerprint density at radius 2 is 2.12 bits per heavy atom. The average Bonchev–Trinajstić information content (AvgIpc) is 2.65. The molecule has 2 amide bonds. The molecule has 132 valence electrons. The summed E-state index contributed by atoms with van der Waals surface area (Å²) in [6.45, 7) is 6.99. The number of carbonyl (C=O) groups is 1. The van der Waals surface area contributed by atoms with Gasteiger partial charge < -0.3 is 14.8 Å². The fraction of sp³-hybridized carbons (Fsp3) is 0.611. The van der Waals surface area contributed by atoms with Crippen molar-refractivity contribution in [2.75, 3.05) is 51.4 Å². The normalized spacial score (nSPS) is 19.5. The summed E-state index contributed by atoms with van der Waals surface area (Å²) in [5.41, 5.74) is 2.18. The molecule has 1 aromatic carbocycles. The zero-order valence-electron chi connectivity index (χ0n) is 14.6. The number of nitrogens with zero attached hydrogens (tertiary/aromatic N) is 2. The van der Waals surface area contributed by atoms with E-state index in [1.54, 1.807) is 7.11 Å². The number of aryl methyl sites for hydroxylation is 1. The molecule has 1 fully saturated rings. The number of amides is 2. The van der Waals surface area contributed by atoms with Crippen molar-refractivity contribution in [2.45, 2.75) is 25.8 Å². The lowest BCUT2D eigenvalue weighted by molar-refractivity contribution is 0.0209. The van der Waals surface area contributed by atoms with Gasteiger partial charge in [0.2, 0.25) is 0 Å². The van der Waals surface area contributed by atoms with Crippen molar-refractivity contribution in [3.05, 3.63) is 23.8 Å². The molecule has 0 aliphatic carbocycles. The van der Waals surface area contributed by atoms with Gasteiger partial charge in [0, 0.05) is 37.9 Å². The van der Waals surface area contributed by atoms with Crippen LogP contribution in [0, 0.1) is 0 Å². The van der Waals surface area contributed by atoms with Crippen molar-refractivity contribution in [1.82, 2.24) is 10.2 Å². The number of anilines is 1. The molecule has 2 aliphatic rings. The van der Waals surface area contributed by atoms with Crippen molar-refractivity contribution in [3.8, 4) is 5.75 Å². The number of ether oxygens (including phenoxy) is 2. The molecule has 6 nitrogen and oxygen atoms in total. The van der Waals surface area contributed by atoms with Crippen LogP contribution in [0.3, 0.4) is 0 Å². The van der Waals surface area contributed by atoms with E-state index in [0.29, 0.717) is 12.6 Å². The zero-order chi connectivity index (χ0) is 16.9. The Morgan fingerprint density at radius 1 is 1.33 bits per heavy atom. The van der Waals surface area contributed by atoms with Crippen LogP contribution in [0.15, 0.2) is 18.2 Å². The highest BCUT2D eigenvalue weighted by Gasteiger charge is 2.24. The minimum Gasteiger partial charge on any atom is -0.497 e. The van der Waals surface area contributed by atoms with Crippen LogP contribution < -0.4 is 15.0 Å². The van der Waals surface area contributed by atoms with Gasteiger partial charge in [-0.15, -0.1) is 0 Å². The molecular formula is C18H27N3O3. The summed E-state index contributed by atoms with van der Waals surface area (Å²) in [6, 6.07) is 6.24. The van der Waals surface area contributed by atoms with Crippen molar-refractivity contribution in [2.24, 2.45) is 0 Å². The number of carbonyl (C=O) groups excluding carboxylic acids is 1. The van der Waals surface area contributed by atoms with Crippen molar-refractivity contribution in [1.29, 1.82) is 0 Å². The van der Waals surface area contributed by atoms with Gasteiger partial charge in [0.05, 0.1) is 20.3 Å². The second kappa shape index (κ2) is 7.85. The van der Waals surface area contributed by atoms with Crippen LogP contribution in [0.25, 0.3) is 0 Å². The summed E-state index contributed by atoms with van der Waals surface area (Å²) in [6.07, 6.45) is 1.97. The van der Waals surface area contributed by atoms with E-state index >= 15 is 0 Å². The van der Waals surface area contributed by atoms with Gasteiger partial charge in [-0.1, -0.05) is 0 Å². The predicted molar refractivity (Wildman–Crippen MR) is 93.9 cm³/mol. The van der Waals surface area contributed by atoms with Gasteiger partial charge in [-0.05, 0) is 43.5 Å². The lowest BCUT2D eigenvalue weighted by atomic mass is 10.0. The zero-order valence-corrected chi connectivity index (χ0v) is 14.6. The van der Waals surface area contributed by atoms with Crippen LogP contribution in [0.2, 0.25) is 0 Å².